The van der Waals surface area contributed by atoms with Crippen LogP contribution in [0.5, 0.6) is 0 Å². The maximum absolute atomic E-state index is 12.4. The number of nitrogens with zero attached hydrogens (tertiary/aromatic N) is 5. The number of benzene rings is 1. The van der Waals surface area contributed by atoms with Gasteiger partial charge in [-0.1, -0.05) is 49.0 Å². The lowest BCUT2D eigenvalue weighted by Gasteiger charge is -2.26. The molecule has 2 heterocycles. The minimum atomic E-state index is -0.668. The van der Waals surface area contributed by atoms with Crippen molar-refractivity contribution in [2.24, 2.45) is 5.73 Å². The Morgan fingerprint density at radius 1 is 1.15 bits per heavy atom. The van der Waals surface area contributed by atoms with Crippen LogP contribution in [0.1, 0.15) is 59.6 Å². The van der Waals surface area contributed by atoms with Gasteiger partial charge in [-0.25, -0.2) is 4.98 Å². The van der Waals surface area contributed by atoms with Gasteiger partial charge < -0.3 is 15.5 Å². The Labute approximate surface area is 199 Å². The van der Waals surface area contributed by atoms with E-state index < -0.39 is 11.2 Å². The van der Waals surface area contributed by atoms with Crippen molar-refractivity contribution in [2.75, 3.05) is 37.6 Å². The molecule has 1 saturated heterocycles. The highest BCUT2D eigenvalue weighted by atomic mass is 32.2. The maximum atomic E-state index is 12.4. The molecule has 33 heavy (non-hydrogen) atoms. The van der Waals surface area contributed by atoms with Crippen LogP contribution in [0.15, 0.2) is 35.4 Å². The first kappa shape index (κ1) is 23.1. The number of aromatic nitrogens is 1. The van der Waals surface area contributed by atoms with Gasteiger partial charge in [0.2, 0.25) is 5.91 Å². The van der Waals surface area contributed by atoms with E-state index in [4.69, 9.17) is 10.7 Å². The SMILES string of the molecule is CCN1CCCN(c2nc(SC(C(N)=O)c3ccccc3)c(C#N)c(C3CC3)c2C#N)CC1. The zero-order chi connectivity index (χ0) is 23.4. The van der Waals surface area contributed by atoms with Crippen LogP contribution in [0, 0.1) is 22.7 Å². The molecule has 2 N–H and O–H groups in total. The van der Waals surface area contributed by atoms with Crippen LogP contribution in [0.3, 0.4) is 0 Å². The summed E-state index contributed by atoms with van der Waals surface area (Å²) in [6.07, 6.45) is 2.90. The molecule has 1 unspecified atom stereocenters. The summed E-state index contributed by atoms with van der Waals surface area (Å²) in [6.45, 7) is 6.64. The van der Waals surface area contributed by atoms with Crippen molar-refractivity contribution in [3.8, 4) is 12.1 Å². The second kappa shape index (κ2) is 10.2. The van der Waals surface area contributed by atoms with Gasteiger partial charge in [0.15, 0.2) is 0 Å². The van der Waals surface area contributed by atoms with Gasteiger partial charge in [0, 0.05) is 19.6 Å². The van der Waals surface area contributed by atoms with Crippen LogP contribution in [0.4, 0.5) is 5.82 Å². The predicted octanol–water partition coefficient (Wildman–Crippen LogP) is 3.55. The maximum Gasteiger partial charge on any atom is 0.235 e. The van der Waals surface area contributed by atoms with Gasteiger partial charge in [0.1, 0.15) is 28.2 Å². The highest BCUT2D eigenvalue weighted by molar-refractivity contribution is 8.00. The van der Waals surface area contributed by atoms with Crippen LogP contribution < -0.4 is 10.6 Å². The largest absolute Gasteiger partial charge is 0.368 e. The van der Waals surface area contributed by atoms with Gasteiger partial charge in [-0.05, 0) is 49.4 Å². The zero-order valence-corrected chi connectivity index (χ0v) is 19.6. The summed E-state index contributed by atoms with van der Waals surface area (Å²) in [4.78, 5) is 21.8. The number of anilines is 1. The quantitative estimate of drug-likeness (QED) is 0.629. The minimum Gasteiger partial charge on any atom is -0.368 e. The molecular weight excluding hydrogens is 432 g/mol. The number of amides is 1. The van der Waals surface area contributed by atoms with Crippen molar-refractivity contribution in [2.45, 2.75) is 42.4 Å². The number of primary amides is 1. The lowest BCUT2D eigenvalue weighted by Crippen LogP contribution is -2.32. The number of thioether (sulfide) groups is 1. The Hall–Kier alpha value is -3.07. The van der Waals surface area contributed by atoms with Gasteiger partial charge in [-0.15, -0.1) is 0 Å². The zero-order valence-electron chi connectivity index (χ0n) is 18.8. The fourth-order valence-corrected chi connectivity index (χ4v) is 5.46. The molecule has 2 aromatic rings. The molecule has 8 heteroatoms. The Morgan fingerprint density at radius 3 is 2.48 bits per heavy atom. The number of carbonyl (C=O) groups excluding carboxylic acids is 1. The summed E-state index contributed by atoms with van der Waals surface area (Å²) < 4.78 is 0. The lowest BCUT2D eigenvalue weighted by atomic mass is 9.99. The second-order valence-electron chi connectivity index (χ2n) is 8.49. The predicted molar refractivity (Wildman–Crippen MR) is 129 cm³/mol. The molecule has 1 amide bonds. The first-order valence-corrected chi connectivity index (χ1v) is 12.3. The van der Waals surface area contributed by atoms with E-state index in [0.717, 1.165) is 63.1 Å². The average Bonchev–Trinajstić information content (AvgIpc) is 3.69. The number of rotatable bonds is 7. The van der Waals surface area contributed by atoms with Crippen LogP contribution in [0.25, 0.3) is 0 Å². The fourth-order valence-electron chi connectivity index (χ4n) is 4.41. The highest BCUT2D eigenvalue weighted by Crippen LogP contribution is 2.48. The molecule has 1 aliphatic heterocycles. The van der Waals surface area contributed by atoms with Crippen molar-refractivity contribution in [3.63, 3.8) is 0 Å². The minimum absolute atomic E-state index is 0.193. The standard InChI is InChI=1S/C25H28N6OS/c1-2-30-11-6-12-31(14-13-30)24-19(15-26)21(17-9-10-17)20(16-27)25(29-24)33-22(23(28)32)18-7-4-3-5-8-18/h3-5,7-8,17,22H,2,6,9-14H2,1H3,(H2,28,32). The van der Waals surface area contributed by atoms with Gasteiger partial charge in [-0.2, -0.15) is 10.5 Å². The molecule has 2 aliphatic rings. The summed E-state index contributed by atoms with van der Waals surface area (Å²) >= 11 is 1.21. The van der Waals surface area contributed by atoms with Gasteiger partial charge in [0.25, 0.3) is 0 Å². The molecule has 0 radical (unpaired) electrons. The lowest BCUT2D eigenvalue weighted by molar-refractivity contribution is -0.117. The van der Waals surface area contributed by atoms with Crippen LogP contribution in [-0.4, -0.2) is 48.5 Å². The first-order valence-electron chi connectivity index (χ1n) is 11.4. The number of hydrogen-bond acceptors (Lipinski definition) is 7. The van der Waals surface area contributed by atoms with Gasteiger partial charge >= 0.3 is 0 Å². The summed E-state index contributed by atoms with van der Waals surface area (Å²) in [5.74, 6) is 0.345. The second-order valence-corrected chi connectivity index (χ2v) is 9.58. The van der Waals surface area contributed by atoms with Crippen LogP contribution in [0.2, 0.25) is 0 Å². The number of hydrogen-bond donors (Lipinski definition) is 1. The van der Waals surface area contributed by atoms with E-state index >= 15 is 0 Å². The number of carbonyl (C=O) groups is 1. The third-order valence-corrected chi connectivity index (χ3v) is 7.58. The Kier molecular flexibility index (Phi) is 7.17. The van der Waals surface area contributed by atoms with E-state index in [1.807, 2.05) is 30.3 Å². The molecule has 1 aromatic carbocycles. The molecule has 170 valence electrons. The van der Waals surface area contributed by atoms with E-state index in [-0.39, 0.29) is 5.92 Å². The monoisotopic (exact) mass is 460 g/mol. The summed E-state index contributed by atoms with van der Waals surface area (Å²) in [5, 5.41) is 20.0. The summed E-state index contributed by atoms with van der Waals surface area (Å²) in [6, 6.07) is 14.0. The van der Waals surface area contributed by atoms with Gasteiger partial charge in [-0.3, -0.25) is 4.79 Å². The molecule has 1 atom stereocenters. The molecule has 4 rings (SSSR count). The molecule has 1 aromatic heterocycles. The highest BCUT2D eigenvalue weighted by Gasteiger charge is 2.35. The van der Waals surface area contributed by atoms with E-state index in [9.17, 15) is 15.3 Å². The van der Waals surface area contributed by atoms with Crippen molar-refractivity contribution >= 4 is 23.5 Å². The third-order valence-electron chi connectivity index (χ3n) is 6.32. The number of nitrogens with two attached hydrogens (primary N) is 1. The molecule has 2 fully saturated rings. The number of nitriles is 2. The van der Waals surface area contributed by atoms with Gasteiger partial charge in [0.05, 0.1) is 11.1 Å². The smallest absolute Gasteiger partial charge is 0.235 e. The molecule has 0 spiro atoms. The topological polar surface area (TPSA) is 110 Å². The van der Waals surface area contributed by atoms with Crippen molar-refractivity contribution in [1.82, 2.24) is 9.88 Å². The molecule has 7 nitrogen and oxygen atoms in total. The van der Waals surface area contributed by atoms with E-state index in [2.05, 4.69) is 28.9 Å². The van der Waals surface area contributed by atoms with E-state index in [0.29, 0.717) is 22.0 Å². The van der Waals surface area contributed by atoms with Crippen LogP contribution >= 0.6 is 11.8 Å². The Morgan fingerprint density at radius 2 is 1.88 bits per heavy atom. The number of pyridine rings is 1. The average molecular weight is 461 g/mol. The van der Waals surface area contributed by atoms with Crippen molar-refractivity contribution < 1.29 is 4.79 Å². The summed E-state index contributed by atoms with van der Waals surface area (Å²) in [5.41, 5.74) is 8.26. The Bertz CT molecular complexity index is 1100. The summed E-state index contributed by atoms with van der Waals surface area (Å²) in [7, 11) is 0. The van der Waals surface area contributed by atoms with Crippen molar-refractivity contribution in [1.29, 1.82) is 10.5 Å². The number of likely N-dealkylation sites (N-methyl/N-ethyl adjacent to an activating group) is 1. The molecular formula is C25H28N6OS. The molecule has 1 aliphatic carbocycles. The fraction of sp³-hybridized carbons (Fsp3) is 0.440. The third kappa shape index (κ3) is 4.98. The normalized spacial score (nSPS) is 17.6. The van der Waals surface area contributed by atoms with E-state index in [1.54, 1.807) is 0 Å². The first-order chi connectivity index (χ1) is 16.1. The Balaban J connectivity index is 1.81. The van der Waals surface area contributed by atoms with E-state index in [1.165, 1.54) is 11.8 Å². The van der Waals surface area contributed by atoms with Crippen molar-refractivity contribution in [3.05, 3.63) is 52.6 Å². The molecule has 0 bridgehead atoms. The molecule has 1 saturated carbocycles. The van der Waals surface area contributed by atoms with Crippen LogP contribution in [-0.2, 0) is 4.79 Å².